The number of fused-ring (bicyclic) bond motifs is 6. The zero-order chi connectivity index (χ0) is 33.0. The van der Waals surface area contributed by atoms with Gasteiger partial charge in [0.25, 0.3) is 0 Å². The molecule has 50 heavy (non-hydrogen) atoms. The molecule has 0 aliphatic heterocycles. The molecule has 10 aromatic rings. The molecule has 5 heteroatoms. The second-order valence-corrected chi connectivity index (χ2v) is 12.5. The predicted molar refractivity (Wildman–Crippen MR) is 205 cm³/mol. The quantitative estimate of drug-likeness (QED) is 0.188. The van der Waals surface area contributed by atoms with Crippen molar-refractivity contribution < 1.29 is 0 Å². The fourth-order valence-corrected chi connectivity index (χ4v) is 7.28. The van der Waals surface area contributed by atoms with Gasteiger partial charge in [0.15, 0.2) is 5.82 Å². The summed E-state index contributed by atoms with van der Waals surface area (Å²) in [6, 6.07) is 61.2. The van der Waals surface area contributed by atoms with Crippen molar-refractivity contribution in [3.8, 4) is 45.5 Å². The Labute approximate surface area is 288 Å². The lowest BCUT2D eigenvalue weighted by atomic mass is 10.1. The number of nitrogens with zero attached hydrogens (tertiary/aromatic N) is 5. The van der Waals surface area contributed by atoms with E-state index in [1.54, 1.807) is 0 Å². The molecule has 0 N–H and O–H groups in total. The molecule has 0 saturated carbocycles. The fourth-order valence-electron chi connectivity index (χ4n) is 7.28. The topological polar surface area (TPSA) is 48.5 Å². The van der Waals surface area contributed by atoms with Crippen LogP contribution in [0, 0.1) is 0 Å². The Morgan fingerprint density at radius 2 is 0.820 bits per heavy atom. The molecule has 4 heterocycles. The minimum Gasteiger partial charge on any atom is -0.309 e. The van der Waals surface area contributed by atoms with Gasteiger partial charge in [-0.3, -0.25) is 4.57 Å². The average Bonchev–Trinajstić information content (AvgIpc) is 3.70. The summed E-state index contributed by atoms with van der Waals surface area (Å²) in [4.78, 5) is 15.4. The van der Waals surface area contributed by atoms with Crippen molar-refractivity contribution >= 4 is 43.6 Å². The Kier molecular flexibility index (Phi) is 6.42. The van der Waals surface area contributed by atoms with Crippen molar-refractivity contribution in [3.05, 3.63) is 176 Å². The number of rotatable bonds is 5. The molecule has 4 aromatic heterocycles. The van der Waals surface area contributed by atoms with E-state index in [9.17, 15) is 0 Å². The minimum atomic E-state index is 0.584. The predicted octanol–water partition coefficient (Wildman–Crippen LogP) is 11.1. The maximum Gasteiger partial charge on any atom is 0.179 e. The van der Waals surface area contributed by atoms with Gasteiger partial charge in [-0.1, -0.05) is 121 Å². The molecule has 0 amide bonds. The van der Waals surface area contributed by atoms with E-state index in [0.717, 1.165) is 45.1 Å². The van der Waals surface area contributed by atoms with E-state index in [2.05, 4.69) is 143 Å². The maximum absolute atomic E-state index is 5.28. The zero-order valence-corrected chi connectivity index (χ0v) is 27.0. The third kappa shape index (κ3) is 4.52. The Morgan fingerprint density at radius 1 is 0.320 bits per heavy atom. The van der Waals surface area contributed by atoms with Crippen LogP contribution in [0.5, 0.6) is 0 Å². The van der Waals surface area contributed by atoms with Gasteiger partial charge >= 0.3 is 0 Å². The van der Waals surface area contributed by atoms with E-state index in [-0.39, 0.29) is 0 Å². The number of pyridine rings is 1. The molecule has 0 unspecified atom stereocenters. The molecular weight excluding hydrogens is 611 g/mol. The van der Waals surface area contributed by atoms with Gasteiger partial charge in [0.2, 0.25) is 0 Å². The molecule has 6 aromatic carbocycles. The van der Waals surface area contributed by atoms with Gasteiger partial charge < -0.3 is 4.57 Å². The van der Waals surface area contributed by atoms with Gasteiger partial charge in [-0.2, -0.15) is 0 Å². The summed E-state index contributed by atoms with van der Waals surface area (Å²) in [7, 11) is 0. The highest BCUT2D eigenvalue weighted by Gasteiger charge is 2.19. The summed E-state index contributed by atoms with van der Waals surface area (Å²) in [5.74, 6) is 1.40. The number of benzene rings is 6. The number of hydrogen-bond donors (Lipinski definition) is 0. The van der Waals surface area contributed by atoms with Crippen LogP contribution in [-0.4, -0.2) is 24.1 Å². The van der Waals surface area contributed by atoms with Crippen LogP contribution in [0.2, 0.25) is 0 Å². The highest BCUT2D eigenvalue weighted by atomic mass is 15.1. The molecular formula is C45H29N5. The lowest BCUT2D eigenvalue weighted by molar-refractivity contribution is 1.06. The smallest absolute Gasteiger partial charge is 0.179 e. The first-order valence-corrected chi connectivity index (χ1v) is 16.8. The largest absolute Gasteiger partial charge is 0.309 e. The summed E-state index contributed by atoms with van der Waals surface area (Å²) in [5.41, 5.74) is 10.2. The van der Waals surface area contributed by atoms with Crippen LogP contribution in [0.4, 0.5) is 0 Å². The van der Waals surface area contributed by atoms with Gasteiger partial charge in [-0.25, -0.2) is 15.0 Å². The molecule has 5 nitrogen and oxygen atoms in total. The summed E-state index contributed by atoms with van der Waals surface area (Å²) in [6.45, 7) is 0. The molecule has 0 spiro atoms. The van der Waals surface area contributed by atoms with E-state index in [0.29, 0.717) is 11.5 Å². The molecule has 0 bridgehead atoms. The van der Waals surface area contributed by atoms with Crippen LogP contribution in [0.25, 0.3) is 89.2 Å². The van der Waals surface area contributed by atoms with Crippen LogP contribution in [0.15, 0.2) is 176 Å². The van der Waals surface area contributed by atoms with Crippen LogP contribution in [-0.2, 0) is 0 Å². The van der Waals surface area contributed by atoms with Crippen molar-refractivity contribution in [2.75, 3.05) is 0 Å². The molecule has 0 aliphatic rings. The Bertz CT molecular complexity index is 2800. The third-order valence-corrected chi connectivity index (χ3v) is 9.54. The van der Waals surface area contributed by atoms with Crippen molar-refractivity contribution in [3.63, 3.8) is 0 Å². The molecule has 0 saturated heterocycles. The molecule has 0 aliphatic carbocycles. The molecule has 0 atom stereocenters. The standard InChI is InChI=1S/C45H29N5/c1-4-15-30(16-5-1)38-29-39(31-17-6-2-7-18-31)48-45(47-38)37-23-14-26-44(46-37)50-41-25-13-11-22-34(41)36-27-42-35(28-43(36)50)33-21-10-12-24-40(33)49(42)32-19-8-3-9-20-32/h1-29H. The van der Waals surface area contributed by atoms with Gasteiger partial charge in [0, 0.05) is 38.4 Å². The van der Waals surface area contributed by atoms with Crippen LogP contribution in [0.1, 0.15) is 0 Å². The molecule has 234 valence electrons. The maximum atomic E-state index is 5.28. The van der Waals surface area contributed by atoms with Crippen molar-refractivity contribution in [2.45, 2.75) is 0 Å². The number of aromatic nitrogens is 5. The van der Waals surface area contributed by atoms with E-state index < -0.39 is 0 Å². The Hall–Kier alpha value is -6.85. The van der Waals surface area contributed by atoms with E-state index in [4.69, 9.17) is 15.0 Å². The van der Waals surface area contributed by atoms with Crippen molar-refractivity contribution in [2.24, 2.45) is 0 Å². The van der Waals surface area contributed by atoms with E-state index in [1.165, 1.54) is 32.6 Å². The van der Waals surface area contributed by atoms with Gasteiger partial charge in [0.1, 0.15) is 11.5 Å². The molecule has 10 rings (SSSR count). The lowest BCUT2D eigenvalue weighted by Crippen LogP contribution is -2.01. The first-order valence-electron chi connectivity index (χ1n) is 16.8. The minimum absolute atomic E-state index is 0.584. The third-order valence-electron chi connectivity index (χ3n) is 9.54. The fraction of sp³-hybridized carbons (Fsp3) is 0. The van der Waals surface area contributed by atoms with Crippen molar-refractivity contribution in [1.29, 1.82) is 0 Å². The normalized spacial score (nSPS) is 11.6. The Balaban J connectivity index is 1.21. The van der Waals surface area contributed by atoms with Crippen LogP contribution < -0.4 is 0 Å². The zero-order valence-electron chi connectivity index (χ0n) is 27.0. The summed E-state index contributed by atoms with van der Waals surface area (Å²) < 4.78 is 4.65. The first-order chi connectivity index (χ1) is 24.8. The SMILES string of the molecule is c1ccc(-c2cc(-c3ccccc3)nc(-c3cccc(-n4c5ccccc5c5cc6c(cc54)c4ccccc4n6-c4ccccc4)n3)n2)cc1. The Morgan fingerprint density at radius 3 is 1.42 bits per heavy atom. The second kappa shape index (κ2) is 11.4. The number of para-hydroxylation sites is 3. The van der Waals surface area contributed by atoms with Gasteiger partial charge in [0.05, 0.1) is 33.5 Å². The van der Waals surface area contributed by atoms with Crippen LogP contribution in [0.3, 0.4) is 0 Å². The van der Waals surface area contributed by atoms with E-state index in [1.807, 2.05) is 42.5 Å². The monoisotopic (exact) mass is 639 g/mol. The lowest BCUT2D eigenvalue weighted by Gasteiger charge is -2.11. The summed E-state index contributed by atoms with van der Waals surface area (Å²) in [6.07, 6.45) is 0. The highest BCUT2D eigenvalue weighted by Crippen LogP contribution is 2.39. The summed E-state index contributed by atoms with van der Waals surface area (Å²) >= 11 is 0. The number of hydrogen-bond acceptors (Lipinski definition) is 3. The van der Waals surface area contributed by atoms with Gasteiger partial charge in [-0.15, -0.1) is 0 Å². The second-order valence-electron chi connectivity index (χ2n) is 12.5. The average molecular weight is 640 g/mol. The van der Waals surface area contributed by atoms with Crippen LogP contribution >= 0.6 is 0 Å². The van der Waals surface area contributed by atoms with Crippen molar-refractivity contribution in [1.82, 2.24) is 24.1 Å². The molecule has 0 fully saturated rings. The highest BCUT2D eigenvalue weighted by molar-refractivity contribution is 6.19. The van der Waals surface area contributed by atoms with Gasteiger partial charge in [-0.05, 0) is 54.6 Å². The molecule has 0 radical (unpaired) electrons. The first kappa shape index (κ1) is 28.2. The summed E-state index contributed by atoms with van der Waals surface area (Å²) in [5, 5.41) is 4.76. The van der Waals surface area contributed by atoms with E-state index >= 15 is 0 Å².